The summed E-state index contributed by atoms with van der Waals surface area (Å²) < 4.78 is 29.4. The molecule has 2 unspecified atom stereocenters. The van der Waals surface area contributed by atoms with Crippen LogP contribution in [0.5, 0.6) is 0 Å². The molecule has 0 saturated carbocycles. The third kappa shape index (κ3) is 3.70. The molecule has 3 aromatic heterocycles. The highest BCUT2D eigenvalue weighted by atomic mass is 19.1. The van der Waals surface area contributed by atoms with E-state index in [9.17, 15) is 18.4 Å². The van der Waals surface area contributed by atoms with Gasteiger partial charge in [-0.2, -0.15) is 10.2 Å². The molecule has 8 rings (SSSR count). The van der Waals surface area contributed by atoms with Crippen LogP contribution in [0.15, 0.2) is 64.8 Å². The van der Waals surface area contributed by atoms with Crippen LogP contribution in [0, 0.1) is 17.0 Å². The third-order valence-corrected chi connectivity index (χ3v) is 8.65. The maximum atomic E-state index is 14.7. The number of benzene rings is 1. The molecule has 3 atom stereocenters. The van der Waals surface area contributed by atoms with Crippen LogP contribution >= 0.6 is 0 Å². The van der Waals surface area contributed by atoms with Crippen LogP contribution < -0.4 is 11.0 Å². The smallest absolute Gasteiger partial charge is 0.340 e. The van der Waals surface area contributed by atoms with Crippen LogP contribution in [0.2, 0.25) is 0 Å². The first-order valence-corrected chi connectivity index (χ1v) is 13.2. The van der Waals surface area contributed by atoms with Gasteiger partial charge in [0.1, 0.15) is 23.2 Å². The number of nitrogens with one attached hydrogen (secondary N) is 3. The highest BCUT2D eigenvalue weighted by Crippen LogP contribution is 2.68. The number of allylic oxidation sites excluding steroid dienone is 4. The Bertz CT molecular complexity index is 1860. The van der Waals surface area contributed by atoms with Crippen LogP contribution in [0.3, 0.4) is 0 Å². The molecule has 1 amide bonds. The number of H-pyrrole nitrogens is 2. The van der Waals surface area contributed by atoms with Gasteiger partial charge in [0.2, 0.25) is 0 Å². The summed E-state index contributed by atoms with van der Waals surface area (Å²) in [6, 6.07) is 5.43. The average Bonchev–Trinajstić information content (AvgIpc) is 3.25. The van der Waals surface area contributed by atoms with E-state index in [1.54, 1.807) is 12.3 Å². The summed E-state index contributed by atoms with van der Waals surface area (Å²) in [5, 5.41) is 17.7. The highest BCUT2D eigenvalue weighted by molar-refractivity contribution is 5.92. The summed E-state index contributed by atoms with van der Waals surface area (Å²) >= 11 is 0. The Balaban J connectivity index is 1.35. The summed E-state index contributed by atoms with van der Waals surface area (Å²) in [6.07, 6.45) is 8.72. The summed E-state index contributed by atoms with van der Waals surface area (Å²) in [7, 11) is 0. The Hall–Kier alpha value is -4.87. The fourth-order valence-electron chi connectivity index (χ4n) is 6.51. The van der Waals surface area contributed by atoms with Gasteiger partial charge in [0, 0.05) is 17.5 Å². The van der Waals surface area contributed by atoms with Crippen molar-refractivity contribution in [2.45, 2.75) is 44.6 Å². The fourth-order valence-corrected chi connectivity index (χ4v) is 6.51. The number of aromatic amines is 2. The van der Waals surface area contributed by atoms with Gasteiger partial charge in [-0.1, -0.05) is 23.8 Å². The van der Waals surface area contributed by atoms with E-state index in [-0.39, 0.29) is 40.7 Å². The van der Waals surface area contributed by atoms with E-state index < -0.39 is 28.6 Å². The topological polar surface area (TPSA) is 142 Å². The monoisotopic (exact) mass is 554 g/mol. The molecule has 3 N–H and O–H groups in total. The van der Waals surface area contributed by atoms with Gasteiger partial charge in [0.15, 0.2) is 0 Å². The van der Waals surface area contributed by atoms with E-state index in [1.807, 2.05) is 0 Å². The quantitative estimate of drug-likeness (QED) is 0.320. The molecule has 1 aromatic carbocycles. The SMILES string of the molecule is CC1=C2C1(C)/C=C/C1CC[C@]2(c2cncc(C(=O)NCc3n[nH]c(=O)[nH]3)n2)c2nnc(-c3c(F)cccc3F)cc21. The molecule has 4 aliphatic rings. The van der Waals surface area contributed by atoms with Crippen molar-refractivity contribution < 1.29 is 13.6 Å². The molecule has 2 bridgehead atoms. The molecule has 0 saturated heterocycles. The van der Waals surface area contributed by atoms with Gasteiger partial charge in [-0.15, -0.1) is 5.10 Å². The van der Waals surface area contributed by atoms with E-state index in [2.05, 4.69) is 61.7 Å². The number of fused-ring (bicyclic) bond motifs is 1. The number of rotatable bonds is 5. The van der Waals surface area contributed by atoms with Crippen molar-refractivity contribution in [3.8, 4) is 11.3 Å². The molecule has 12 heteroatoms. The van der Waals surface area contributed by atoms with E-state index in [0.29, 0.717) is 17.8 Å². The van der Waals surface area contributed by atoms with Gasteiger partial charge in [0.05, 0.1) is 40.8 Å². The molecular formula is C29H24F2N8O2. The van der Waals surface area contributed by atoms with Gasteiger partial charge in [-0.05, 0) is 56.0 Å². The molecule has 0 fully saturated rings. The first-order chi connectivity index (χ1) is 19.7. The van der Waals surface area contributed by atoms with Crippen molar-refractivity contribution in [1.29, 1.82) is 0 Å². The van der Waals surface area contributed by atoms with Crippen LogP contribution in [-0.4, -0.2) is 41.3 Å². The molecule has 10 nitrogen and oxygen atoms in total. The molecule has 206 valence electrons. The van der Waals surface area contributed by atoms with Gasteiger partial charge in [0.25, 0.3) is 5.91 Å². The molecule has 3 heterocycles. The summed E-state index contributed by atoms with van der Waals surface area (Å²) in [6.45, 7) is 4.21. The predicted octanol–water partition coefficient (Wildman–Crippen LogP) is 3.62. The Labute approximate surface area is 232 Å². The minimum absolute atomic E-state index is 0.00682. The van der Waals surface area contributed by atoms with Gasteiger partial charge in [-0.25, -0.2) is 23.7 Å². The van der Waals surface area contributed by atoms with E-state index in [4.69, 9.17) is 4.98 Å². The number of nitrogens with zero attached hydrogens (tertiary/aromatic N) is 5. The number of halogens is 2. The van der Waals surface area contributed by atoms with Crippen molar-refractivity contribution in [1.82, 2.24) is 40.7 Å². The van der Waals surface area contributed by atoms with Crippen LogP contribution in [0.4, 0.5) is 8.78 Å². The van der Waals surface area contributed by atoms with Gasteiger partial charge < -0.3 is 5.32 Å². The minimum Gasteiger partial charge on any atom is -0.343 e. The zero-order valence-corrected chi connectivity index (χ0v) is 22.1. The number of hydrogen-bond acceptors (Lipinski definition) is 7. The fraction of sp³-hybridized carbons (Fsp3) is 0.276. The number of carbonyl (C=O) groups excluding carboxylic acids is 1. The number of amides is 1. The van der Waals surface area contributed by atoms with Crippen LogP contribution in [0.25, 0.3) is 11.3 Å². The summed E-state index contributed by atoms with van der Waals surface area (Å²) in [5.74, 6) is -1.67. The van der Waals surface area contributed by atoms with Crippen molar-refractivity contribution in [3.63, 3.8) is 0 Å². The molecule has 0 radical (unpaired) electrons. The second kappa shape index (κ2) is 8.82. The highest BCUT2D eigenvalue weighted by Gasteiger charge is 2.61. The molecule has 4 aliphatic carbocycles. The number of hydrogen-bond donors (Lipinski definition) is 3. The van der Waals surface area contributed by atoms with Gasteiger partial charge >= 0.3 is 5.69 Å². The predicted molar refractivity (Wildman–Crippen MR) is 142 cm³/mol. The van der Waals surface area contributed by atoms with Crippen molar-refractivity contribution in [2.75, 3.05) is 0 Å². The standard InChI is InChI=1S/C29H24F2N8O2/c1-14-24-28(14,2)8-6-15-7-9-29(24,25-16(15)10-19(36-38-25)23-17(30)4-3-5-18(23)31)21-12-32-11-20(34-21)26(40)33-13-22-35-27(41)39-37-22/h3-6,8,10-12,15H,7,9,13H2,1-2H3,(H,33,40)(H2,35,37,39,41)/b8-6+/t15?,28?,29-/m1/s1. The Morgan fingerprint density at radius 2 is 2.00 bits per heavy atom. The Morgan fingerprint density at radius 3 is 2.76 bits per heavy atom. The zero-order chi connectivity index (χ0) is 28.5. The second-order valence-corrected chi connectivity index (χ2v) is 10.8. The minimum atomic E-state index is -0.828. The first kappa shape index (κ1) is 25.1. The number of aromatic nitrogens is 7. The summed E-state index contributed by atoms with van der Waals surface area (Å²) in [5.41, 5.74) is 2.70. The molecular weight excluding hydrogens is 530 g/mol. The Kier molecular flexibility index (Phi) is 5.40. The lowest BCUT2D eigenvalue weighted by atomic mass is 9.62. The maximum Gasteiger partial charge on any atom is 0.340 e. The van der Waals surface area contributed by atoms with E-state index >= 15 is 0 Å². The van der Waals surface area contributed by atoms with E-state index in [0.717, 1.165) is 17.6 Å². The lowest BCUT2D eigenvalue weighted by molar-refractivity contribution is 0.0944. The molecule has 0 spiro atoms. The van der Waals surface area contributed by atoms with Gasteiger partial charge in [-0.3, -0.25) is 14.8 Å². The lowest BCUT2D eigenvalue weighted by Crippen LogP contribution is -2.39. The first-order valence-electron chi connectivity index (χ1n) is 13.2. The zero-order valence-electron chi connectivity index (χ0n) is 22.1. The number of carbonyl (C=O) groups is 1. The molecule has 41 heavy (non-hydrogen) atoms. The van der Waals surface area contributed by atoms with Crippen LogP contribution in [-0.2, 0) is 12.0 Å². The van der Waals surface area contributed by atoms with Crippen LogP contribution in [0.1, 0.15) is 65.9 Å². The van der Waals surface area contributed by atoms with Crippen molar-refractivity contribution >= 4 is 5.91 Å². The average molecular weight is 555 g/mol. The maximum absolute atomic E-state index is 14.7. The largest absolute Gasteiger partial charge is 0.343 e. The molecule has 0 aliphatic heterocycles. The third-order valence-electron chi connectivity index (χ3n) is 8.65. The summed E-state index contributed by atoms with van der Waals surface area (Å²) in [4.78, 5) is 36.0. The lowest BCUT2D eigenvalue weighted by Gasteiger charge is -2.41. The van der Waals surface area contributed by atoms with Crippen molar-refractivity contribution in [2.24, 2.45) is 5.41 Å². The Morgan fingerprint density at radius 1 is 1.20 bits per heavy atom. The normalized spacial score (nSPS) is 24.7. The second-order valence-electron chi connectivity index (χ2n) is 10.8. The van der Waals surface area contributed by atoms with E-state index in [1.165, 1.54) is 30.0 Å². The molecule has 4 aromatic rings. The van der Waals surface area contributed by atoms with Crippen molar-refractivity contribution in [3.05, 3.63) is 111 Å².